The Morgan fingerprint density at radius 3 is 2.48 bits per heavy atom. The lowest BCUT2D eigenvalue weighted by molar-refractivity contribution is -0.130. The van der Waals surface area contributed by atoms with Crippen molar-refractivity contribution in [3.05, 3.63) is 0 Å². The monoisotopic (exact) mass is 401 g/mol. The molecule has 0 spiro atoms. The van der Waals surface area contributed by atoms with E-state index in [9.17, 15) is 13.2 Å². The summed E-state index contributed by atoms with van der Waals surface area (Å²) in [5.74, 6) is 0.916. The zero-order valence-corrected chi connectivity index (χ0v) is 17.5. The summed E-state index contributed by atoms with van der Waals surface area (Å²) in [7, 11) is -3.29. The van der Waals surface area contributed by atoms with Crippen LogP contribution < -0.4 is 0 Å². The molecule has 0 aromatic carbocycles. The maximum Gasteiger partial charge on any atom is 0.222 e. The number of carbonyl (C=O) groups is 1. The van der Waals surface area contributed by atoms with Crippen molar-refractivity contribution in [2.45, 2.75) is 51.0 Å². The van der Waals surface area contributed by atoms with Crippen LogP contribution in [0.5, 0.6) is 0 Å². The highest BCUT2D eigenvalue weighted by molar-refractivity contribution is 7.88. The molecule has 1 atom stereocenters. The van der Waals surface area contributed by atoms with Crippen molar-refractivity contribution in [1.29, 1.82) is 0 Å². The third-order valence-electron chi connectivity index (χ3n) is 6.33. The van der Waals surface area contributed by atoms with Gasteiger partial charge in [-0.3, -0.25) is 9.69 Å². The molecular weight excluding hydrogens is 366 g/mol. The van der Waals surface area contributed by atoms with Gasteiger partial charge in [0.05, 0.1) is 19.5 Å². The molecule has 2 heterocycles. The molecule has 0 N–H and O–H groups in total. The summed E-state index contributed by atoms with van der Waals surface area (Å²) in [5, 5.41) is 0. The zero-order chi connectivity index (χ0) is 19.3. The van der Waals surface area contributed by atoms with Crippen LogP contribution >= 0.6 is 0 Å². The topological polar surface area (TPSA) is 70.2 Å². The Labute approximate surface area is 164 Å². The van der Waals surface area contributed by atoms with E-state index in [1.54, 1.807) is 4.31 Å². The molecule has 1 amide bonds. The van der Waals surface area contributed by atoms with Gasteiger partial charge in [0, 0.05) is 51.7 Å². The minimum Gasteiger partial charge on any atom is -0.379 e. The molecule has 0 radical (unpaired) electrons. The molecule has 1 saturated carbocycles. The van der Waals surface area contributed by atoms with E-state index in [0.29, 0.717) is 45.2 Å². The first-order valence-corrected chi connectivity index (χ1v) is 12.3. The molecule has 7 nitrogen and oxygen atoms in total. The van der Waals surface area contributed by atoms with Gasteiger partial charge in [0.25, 0.3) is 0 Å². The predicted molar refractivity (Wildman–Crippen MR) is 105 cm³/mol. The largest absolute Gasteiger partial charge is 0.379 e. The van der Waals surface area contributed by atoms with Crippen LogP contribution in [0.2, 0.25) is 0 Å². The van der Waals surface area contributed by atoms with Crippen molar-refractivity contribution < 1.29 is 17.9 Å². The summed E-state index contributed by atoms with van der Waals surface area (Å²) in [6.07, 6.45) is 8.77. The Morgan fingerprint density at radius 2 is 1.81 bits per heavy atom. The Balaban J connectivity index is 1.49. The van der Waals surface area contributed by atoms with Crippen LogP contribution in [0.4, 0.5) is 0 Å². The van der Waals surface area contributed by atoms with Crippen molar-refractivity contribution in [3.8, 4) is 0 Å². The van der Waals surface area contributed by atoms with Gasteiger partial charge in [-0.25, -0.2) is 8.42 Å². The van der Waals surface area contributed by atoms with Crippen LogP contribution in [0.25, 0.3) is 0 Å². The SMILES string of the molecule is CS(=O)(=O)N(CCN1CCOCC1)C1CCN(C(=O)CCC2CCCC2)C1. The minimum atomic E-state index is -3.29. The molecule has 2 saturated heterocycles. The maximum absolute atomic E-state index is 12.6. The van der Waals surface area contributed by atoms with Gasteiger partial charge in [0.1, 0.15) is 0 Å². The summed E-state index contributed by atoms with van der Waals surface area (Å²) in [6.45, 7) is 5.58. The van der Waals surface area contributed by atoms with Crippen molar-refractivity contribution in [2.75, 3.05) is 58.7 Å². The van der Waals surface area contributed by atoms with E-state index in [2.05, 4.69) is 4.90 Å². The number of ether oxygens (including phenoxy) is 1. The fraction of sp³-hybridized carbons (Fsp3) is 0.947. The summed E-state index contributed by atoms with van der Waals surface area (Å²) >= 11 is 0. The summed E-state index contributed by atoms with van der Waals surface area (Å²) in [4.78, 5) is 16.7. The van der Waals surface area contributed by atoms with E-state index in [-0.39, 0.29) is 11.9 Å². The molecule has 3 rings (SSSR count). The zero-order valence-electron chi connectivity index (χ0n) is 16.6. The summed E-state index contributed by atoms with van der Waals surface area (Å²) in [5.41, 5.74) is 0. The van der Waals surface area contributed by atoms with Crippen molar-refractivity contribution in [2.24, 2.45) is 5.92 Å². The smallest absolute Gasteiger partial charge is 0.222 e. The number of morpholine rings is 1. The summed E-state index contributed by atoms with van der Waals surface area (Å²) in [6, 6.07) is -0.0866. The Kier molecular flexibility index (Phi) is 7.53. The first-order valence-electron chi connectivity index (χ1n) is 10.5. The highest BCUT2D eigenvalue weighted by atomic mass is 32.2. The third-order valence-corrected chi connectivity index (χ3v) is 7.66. The van der Waals surface area contributed by atoms with Crippen molar-refractivity contribution in [1.82, 2.24) is 14.1 Å². The number of rotatable bonds is 8. The second-order valence-corrected chi connectivity index (χ2v) is 10.2. The number of amides is 1. The van der Waals surface area contributed by atoms with Crippen LogP contribution in [0, 0.1) is 5.92 Å². The van der Waals surface area contributed by atoms with Gasteiger partial charge < -0.3 is 9.64 Å². The molecule has 0 aromatic rings. The fourth-order valence-corrected chi connectivity index (χ4v) is 5.80. The van der Waals surface area contributed by atoms with E-state index in [0.717, 1.165) is 32.5 Å². The van der Waals surface area contributed by atoms with Gasteiger partial charge in [0.15, 0.2) is 0 Å². The average Bonchev–Trinajstić information content (AvgIpc) is 3.32. The molecule has 156 valence electrons. The van der Waals surface area contributed by atoms with E-state index in [1.807, 2.05) is 4.90 Å². The van der Waals surface area contributed by atoms with Gasteiger partial charge in [-0.15, -0.1) is 0 Å². The van der Waals surface area contributed by atoms with Crippen molar-refractivity contribution >= 4 is 15.9 Å². The standard InChI is InChI=1S/C19H35N3O4S/c1-27(24,25)22(11-10-20-12-14-26-15-13-20)18-8-9-21(16-18)19(23)7-6-17-4-2-3-5-17/h17-18H,2-16H2,1H3. The van der Waals surface area contributed by atoms with E-state index in [4.69, 9.17) is 4.74 Å². The van der Waals surface area contributed by atoms with E-state index in [1.165, 1.54) is 31.9 Å². The quantitative estimate of drug-likeness (QED) is 0.610. The lowest BCUT2D eigenvalue weighted by atomic mass is 10.0. The number of hydrogen-bond donors (Lipinski definition) is 0. The molecule has 1 aliphatic carbocycles. The fourth-order valence-electron chi connectivity index (χ4n) is 4.67. The van der Waals surface area contributed by atoms with Crippen LogP contribution in [0.1, 0.15) is 44.9 Å². The Hall–Kier alpha value is -0.700. The number of carbonyl (C=O) groups excluding carboxylic acids is 1. The van der Waals surface area contributed by atoms with Gasteiger partial charge >= 0.3 is 0 Å². The minimum absolute atomic E-state index is 0.0866. The Morgan fingerprint density at radius 1 is 1.11 bits per heavy atom. The molecule has 2 aliphatic heterocycles. The second kappa shape index (κ2) is 9.67. The molecule has 3 aliphatic rings. The predicted octanol–water partition coefficient (Wildman–Crippen LogP) is 1.15. The molecule has 0 aromatic heterocycles. The molecule has 27 heavy (non-hydrogen) atoms. The van der Waals surface area contributed by atoms with Gasteiger partial charge in [0.2, 0.25) is 15.9 Å². The first-order chi connectivity index (χ1) is 12.9. The average molecular weight is 402 g/mol. The molecule has 8 heteroatoms. The summed E-state index contributed by atoms with van der Waals surface area (Å²) < 4.78 is 31.7. The number of likely N-dealkylation sites (tertiary alicyclic amines) is 1. The van der Waals surface area contributed by atoms with Crippen LogP contribution in [-0.2, 0) is 19.6 Å². The second-order valence-electron chi connectivity index (χ2n) is 8.30. The van der Waals surface area contributed by atoms with E-state index < -0.39 is 10.0 Å². The molecule has 3 fully saturated rings. The third kappa shape index (κ3) is 6.14. The lowest BCUT2D eigenvalue weighted by Gasteiger charge is -2.31. The number of sulfonamides is 1. The number of nitrogens with zero attached hydrogens (tertiary/aromatic N) is 3. The lowest BCUT2D eigenvalue weighted by Crippen LogP contribution is -2.47. The van der Waals surface area contributed by atoms with Crippen LogP contribution in [0.3, 0.4) is 0 Å². The maximum atomic E-state index is 12.6. The van der Waals surface area contributed by atoms with Crippen molar-refractivity contribution in [3.63, 3.8) is 0 Å². The van der Waals surface area contributed by atoms with Crippen LogP contribution in [-0.4, -0.2) is 93.2 Å². The first kappa shape index (κ1) is 21.0. The number of hydrogen-bond acceptors (Lipinski definition) is 5. The van der Waals surface area contributed by atoms with Gasteiger partial charge in [-0.2, -0.15) is 4.31 Å². The van der Waals surface area contributed by atoms with Gasteiger partial charge in [-0.05, 0) is 18.8 Å². The highest BCUT2D eigenvalue weighted by Crippen LogP contribution is 2.29. The molecular formula is C19H35N3O4S. The molecule has 0 bridgehead atoms. The normalized spacial score (nSPS) is 25.6. The molecule has 1 unspecified atom stereocenters. The van der Waals surface area contributed by atoms with Crippen LogP contribution in [0.15, 0.2) is 0 Å². The Bertz CT molecular complexity index is 586. The van der Waals surface area contributed by atoms with Gasteiger partial charge in [-0.1, -0.05) is 25.7 Å². The van der Waals surface area contributed by atoms with E-state index >= 15 is 0 Å². The highest BCUT2D eigenvalue weighted by Gasteiger charge is 2.34.